The summed E-state index contributed by atoms with van der Waals surface area (Å²) in [7, 11) is 1.44. The van der Waals surface area contributed by atoms with E-state index in [1.807, 2.05) is 0 Å². The van der Waals surface area contributed by atoms with E-state index in [1.54, 1.807) is 0 Å². The number of thiocarbonyl (C=S) groups is 1. The molecule has 0 radical (unpaired) electrons. The molecule has 0 aliphatic heterocycles. The summed E-state index contributed by atoms with van der Waals surface area (Å²) in [6.45, 7) is 0. The SMILES string of the molecule is CNC(=S)c1c(-c2c(F)cccc2Cl)noc1-c1cnn(-c2ccc(F)cc2)c1C(F)(F)F. The average Bonchev–Trinajstić information content (AvgIpc) is 3.38. The van der Waals surface area contributed by atoms with Crippen molar-refractivity contribution in [1.29, 1.82) is 0 Å². The van der Waals surface area contributed by atoms with Gasteiger partial charge in [-0.3, -0.25) is 0 Å². The molecule has 5 nitrogen and oxygen atoms in total. The van der Waals surface area contributed by atoms with Gasteiger partial charge in [-0.25, -0.2) is 13.5 Å². The number of aromatic nitrogens is 3. The van der Waals surface area contributed by atoms with Crippen molar-refractivity contribution >= 4 is 28.8 Å². The maximum atomic E-state index is 14.6. The zero-order chi connectivity index (χ0) is 23.9. The molecule has 4 rings (SSSR count). The molecular weight excluding hydrogens is 487 g/mol. The molecule has 2 aromatic carbocycles. The maximum absolute atomic E-state index is 14.6. The van der Waals surface area contributed by atoms with Gasteiger partial charge in [0.1, 0.15) is 22.3 Å². The molecule has 170 valence electrons. The standard InChI is InChI=1S/C21H12ClF5N4OS/c1-28-20(33)16-17(15-13(22)3-2-4-14(15)24)30-32-18(16)12-9-29-31(19(12)21(25,26)27)11-7-5-10(23)6-8-11/h2-9H,1H3,(H,28,33). The first-order valence-corrected chi connectivity index (χ1v) is 9.99. The third kappa shape index (κ3) is 4.09. The lowest BCUT2D eigenvalue weighted by Crippen LogP contribution is -2.19. The first-order valence-electron chi connectivity index (χ1n) is 9.21. The molecular formula is C21H12ClF5N4OS. The molecule has 0 spiro atoms. The molecule has 0 unspecified atom stereocenters. The average molecular weight is 499 g/mol. The van der Waals surface area contributed by atoms with Crippen LogP contribution >= 0.6 is 23.8 Å². The Balaban J connectivity index is 2.00. The zero-order valence-corrected chi connectivity index (χ0v) is 18.1. The van der Waals surface area contributed by atoms with Gasteiger partial charge < -0.3 is 9.84 Å². The van der Waals surface area contributed by atoms with E-state index in [9.17, 15) is 22.0 Å². The Kier molecular flexibility index (Phi) is 5.93. The number of nitrogens with one attached hydrogen (secondary N) is 1. The van der Waals surface area contributed by atoms with Gasteiger partial charge in [0.25, 0.3) is 0 Å². The van der Waals surface area contributed by atoms with Crippen molar-refractivity contribution in [2.24, 2.45) is 0 Å². The minimum Gasteiger partial charge on any atom is -0.379 e. The summed E-state index contributed by atoms with van der Waals surface area (Å²) in [4.78, 5) is -0.0526. The van der Waals surface area contributed by atoms with Crippen LogP contribution in [0.4, 0.5) is 22.0 Å². The third-order valence-electron chi connectivity index (χ3n) is 4.70. The second-order valence-electron chi connectivity index (χ2n) is 6.70. The monoisotopic (exact) mass is 498 g/mol. The van der Waals surface area contributed by atoms with E-state index >= 15 is 0 Å². The summed E-state index contributed by atoms with van der Waals surface area (Å²) in [6.07, 6.45) is -3.98. The number of halogens is 6. The van der Waals surface area contributed by atoms with Gasteiger partial charge in [-0.2, -0.15) is 18.3 Å². The highest BCUT2D eigenvalue weighted by atomic mass is 35.5. The van der Waals surface area contributed by atoms with Crippen LogP contribution in [0.3, 0.4) is 0 Å². The Morgan fingerprint density at radius 2 is 1.82 bits per heavy atom. The molecule has 0 bridgehead atoms. The first-order chi connectivity index (χ1) is 15.6. The third-order valence-corrected chi connectivity index (χ3v) is 5.42. The van der Waals surface area contributed by atoms with Crippen LogP contribution in [0.25, 0.3) is 28.3 Å². The molecule has 0 aliphatic carbocycles. The smallest absolute Gasteiger partial charge is 0.379 e. The molecule has 0 fully saturated rings. The molecule has 4 aromatic rings. The second kappa shape index (κ2) is 8.56. The predicted molar refractivity (Wildman–Crippen MR) is 115 cm³/mol. The maximum Gasteiger partial charge on any atom is 0.434 e. The van der Waals surface area contributed by atoms with Crippen LogP contribution in [0.5, 0.6) is 0 Å². The topological polar surface area (TPSA) is 55.9 Å². The van der Waals surface area contributed by atoms with E-state index in [1.165, 1.54) is 19.2 Å². The van der Waals surface area contributed by atoms with Gasteiger partial charge in [-0.1, -0.05) is 35.0 Å². The van der Waals surface area contributed by atoms with Crippen molar-refractivity contribution in [3.8, 4) is 28.3 Å². The van der Waals surface area contributed by atoms with Crippen LogP contribution in [-0.2, 0) is 6.18 Å². The molecule has 0 atom stereocenters. The first kappa shape index (κ1) is 22.9. The number of hydrogen-bond donors (Lipinski definition) is 1. The van der Waals surface area contributed by atoms with Crippen LogP contribution in [0.15, 0.2) is 53.2 Å². The summed E-state index contributed by atoms with van der Waals surface area (Å²) >= 11 is 11.4. The number of alkyl halides is 3. The van der Waals surface area contributed by atoms with Crippen molar-refractivity contribution < 1.29 is 26.5 Å². The molecule has 33 heavy (non-hydrogen) atoms. The second-order valence-corrected chi connectivity index (χ2v) is 7.52. The fourth-order valence-electron chi connectivity index (χ4n) is 3.27. The summed E-state index contributed by atoms with van der Waals surface area (Å²) in [5, 5.41) is 10.2. The highest BCUT2D eigenvalue weighted by Crippen LogP contribution is 2.43. The molecule has 12 heteroatoms. The fourth-order valence-corrected chi connectivity index (χ4v) is 3.71. The quantitative estimate of drug-likeness (QED) is 0.275. The number of rotatable bonds is 4. The van der Waals surface area contributed by atoms with Gasteiger partial charge in [0.05, 0.1) is 33.6 Å². The Labute approximate surface area is 193 Å². The zero-order valence-electron chi connectivity index (χ0n) is 16.5. The lowest BCUT2D eigenvalue weighted by atomic mass is 10.0. The van der Waals surface area contributed by atoms with Crippen LogP contribution in [0, 0.1) is 11.6 Å². The summed E-state index contributed by atoms with van der Waals surface area (Å²) in [6, 6.07) is 8.18. The Morgan fingerprint density at radius 1 is 1.12 bits per heavy atom. The van der Waals surface area contributed by atoms with E-state index in [2.05, 4.69) is 15.6 Å². The minimum atomic E-state index is -4.90. The van der Waals surface area contributed by atoms with Gasteiger partial charge >= 0.3 is 6.18 Å². The highest BCUT2D eigenvalue weighted by Gasteiger charge is 2.41. The van der Waals surface area contributed by atoms with E-state index in [4.69, 9.17) is 28.3 Å². The molecule has 0 aliphatic rings. The van der Waals surface area contributed by atoms with Gasteiger partial charge in [-0.15, -0.1) is 0 Å². The predicted octanol–water partition coefficient (Wildman–Crippen LogP) is 6.04. The molecule has 2 aromatic heterocycles. The highest BCUT2D eigenvalue weighted by molar-refractivity contribution is 7.80. The number of hydrogen-bond acceptors (Lipinski definition) is 4. The van der Waals surface area contributed by atoms with E-state index in [-0.39, 0.29) is 38.3 Å². The van der Waals surface area contributed by atoms with E-state index in [0.717, 1.165) is 36.5 Å². The fraction of sp³-hybridized carbons (Fsp3) is 0.0952. The summed E-state index contributed by atoms with van der Waals surface area (Å²) in [5.74, 6) is -1.77. The van der Waals surface area contributed by atoms with Crippen molar-refractivity contribution in [2.75, 3.05) is 7.05 Å². The Hall–Kier alpha value is -3.31. The van der Waals surface area contributed by atoms with Gasteiger partial charge in [0, 0.05) is 7.05 Å². The normalized spacial score (nSPS) is 11.6. The van der Waals surface area contributed by atoms with Crippen LogP contribution in [0.2, 0.25) is 5.02 Å². The largest absolute Gasteiger partial charge is 0.434 e. The van der Waals surface area contributed by atoms with Crippen LogP contribution in [0.1, 0.15) is 11.3 Å². The van der Waals surface area contributed by atoms with Crippen molar-refractivity contribution in [1.82, 2.24) is 20.3 Å². The molecule has 0 saturated heterocycles. The Bertz CT molecular complexity index is 1330. The van der Waals surface area contributed by atoms with Gasteiger partial charge in [0.2, 0.25) is 0 Å². The summed E-state index contributed by atoms with van der Waals surface area (Å²) in [5.41, 5.74) is -2.19. The molecule has 0 saturated carbocycles. The van der Waals surface area contributed by atoms with Gasteiger partial charge in [0.15, 0.2) is 11.5 Å². The minimum absolute atomic E-state index is 0.0342. The summed E-state index contributed by atoms with van der Waals surface area (Å²) < 4.78 is 76.1. The van der Waals surface area contributed by atoms with Crippen molar-refractivity contribution in [3.05, 3.63) is 76.6 Å². The van der Waals surface area contributed by atoms with Crippen LogP contribution in [-0.4, -0.2) is 27.0 Å². The molecule has 1 N–H and O–H groups in total. The van der Waals surface area contributed by atoms with E-state index in [0.29, 0.717) is 4.68 Å². The van der Waals surface area contributed by atoms with Crippen molar-refractivity contribution in [3.63, 3.8) is 0 Å². The lowest BCUT2D eigenvalue weighted by molar-refractivity contribution is -0.142. The molecule has 2 heterocycles. The van der Waals surface area contributed by atoms with Crippen molar-refractivity contribution in [2.45, 2.75) is 6.18 Å². The number of benzene rings is 2. The van der Waals surface area contributed by atoms with Gasteiger partial charge in [-0.05, 0) is 36.4 Å². The van der Waals surface area contributed by atoms with Crippen LogP contribution < -0.4 is 5.32 Å². The number of nitrogens with zero attached hydrogens (tertiary/aromatic N) is 3. The Morgan fingerprint density at radius 3 is 2.42 bits per heavy atom. The molecule has 0 amide bonds. The lowest BCUT2D eigenvalue weighted by Gasteiger charge is -2.13. The van der Waals surface area contributed by atoms with E-state index < -0.39 is 29.1 Å².